The van der Waals surface area contributed by atoms with Crippen molar-refractivity contribution >= 4 is 5.91 Å². The molecule has 0 bridgehead atoms. The number of rotatable bonds is 6. The summed E-state index contributed by atoms with van der Waals surface area (Å²) < 4.78 is 7.09. The van der Waals surface area contributed by atoms with Crippen LogP contribution in [0, 0.1) is 0 Å². The number of carbonyl (C=O) groups excluding carboxylic acids is 1. The standard InChI is InChI=1S/C16H21N5O2/c22-16(19-3-1-6-20-8-10-23-11-9-20)14-2-4-18-15(12-14)21-7-5-17-13-21/h2,4-5,7,12-13H,1,3,6,8-11H2,(H,19,22). The van der Waals surface area contributed by atoms with Crippen molar-refractivity contribution in [3.8, 4) is 5.82 Å². The SMILES string of the molecule is O=C(NCCCN1CCOCC1)c1ccnc(-n2ccnc2)c1. The molecule has 122 valence electrons. The molecule has 3 rings (SSSR count). The summed E-state index contributed by atoms with van der Waals surface area (Å²) in [6, 6.07) is 3.48. The van der Waals surface area contributed by atoms with Gasteiger partial charge >= 0.3 is 0 Å². The van der Waals surface area contributed by atoms with Crippen molar-refractivity contribution < 1.29 is 9.53 Å². The van der Waals surface area contributed by atoms with Gasteiger partial charge in [-0.05, 0) is 25.1 Å². The summed E-state index contributed by atoms with van der Waals surface area (Å²) in [4.78, 5) is 22.8. The molecule has 0 unspecified atom stereocenters. The molecule has 7 nitrogen and oxygen atoms in total. The Bertz CT molecular complexity index is 623. The van der Waals surface area contributed by atoms with Gasteiger partial charge in [-0.3, -0.25) is 14.3 Å². The number of aromatic nitrogens is 3. The average Bonchev–Trinajstić information content (AvgIpc) is 3.14. The average molecular weight is 315 g/mol. The van der Waals surface area contributed by atoms with E-state index in [2.05, 4.69) is 20.2 Å². The van der Waals surface area contributed by atoms with Gasteiger partial charge in [0.05, 0.1) is 13.2 Å². The van der Waals surface area contributed by atoms with E-state index in [0.29, 0.717) is 17.9 Å². The number of amides is 1. The van der Waals surface area contributed by atoms with Crippen LogP contribution in [-0.2, 0) is 4.74 Å². The van der Waals surface area contributed by atoms with Crippen LogP contribution in [-0.4, -0.2) is 64.7 Å². The third kappa shape index (κ3) is 4.37. The third-order valence-corrected chi connectivity index (χ3v) is 3.82. The van der Waals surface area contributed by atoms with Gasteiger partial charge in [-0.15, -0.1) is 0 Å². The van der Waals surface area contributed by atoms with Crippen LogP contribution in [0.2, 0.25) is 0 Å². The number of nitrogens with one attached hydrogen (secondary N) is 1. The smallest absolute Gasteiger partial charge is 0.251 e. The van der Waals surface area contributed by atoms with E-state index in [1.807, 2.05) is 0 Å². The summed E-state index contributed by atoms with van der Waals surface area (Å²) in [5.74, 6) is 0.610. The van der Waals surface area contributed by atoms with Crippen LogP contribution in [0.1, 0.15) is 16.8 Å². The molecular formula is C16H21N5O2. The zero-order valence-electron chi connectivity index (χ0n) is 13.0. The summed E-state index contributed by atoms with van der Waals surface area (Å²) in [6.07, 6.45) is 7.71. The first-order valence-corrected chi connectivity index (χ1v) is 7.85. The molecule has 1 aliphatic rings. The Labute approximate surface area is 135 Å². The van der Waals surface area contributed by atoms with E-state index in [1.54, 1.807) is 41.6 Å². The number of carbonyl (C=O) groups is 1. The van der Waals surface area contributed by atoms with E-state index in [1.165, 1.54) is 0 Å². The lowest BCUT2D eigenvalue weighted by Gasteiger charge is -2.26. The molecule has 0 spiro atoms. The van der Waals surface area contributed by atoms with Crippen LogP contribution in [0.4, 0.5) is 0 Å². The predicted molar refractivity (Wildman–Crippen MR) is 85.6 cm³/mol. The number of nitrogens with zero attached hydrogens (tertiary/aromatic N) is 4. The molecule has 7 heteroatoms. The van der Waals surface area contributed by atoms with Crippen LogP contribution in [0.25, 0.3) is 5.82 Å². The highest BCUT2D eigenvalue weighted by atomic mass is 16.5. The molecule has 1 saturated heterocycles. The molecule has 2 aromatic heterocycles. The second-order valence-electron chi connectivity index (χ2n) is 5.44. The van der Waals surface area contributed by atoms with Gasteiger partial charge in [0.15, 0.2) is 0 Å². The molecule has 1 N–H and O–H groups in total. The highest BCUT2D eigenvalue weighted by molar-refractivity contribution is 5.94. The first-order chi connectivity index (χ1) is 11.3. The van der Waals surface area contributed by atoms with Crippen molar-refractivity contribution in [2.24, 2.45) is 0 Å². The zero-order valence-corrected chi connectivity index (χ0v) is 13.0. The number of imidazole rings is 1. The van der Waals surface area contributed by atoms with Gasteiger partial charge in [0.2, 0.25) is 0 Å². The second-order valence-corrected chi connectivity index (χ2v) is 5.44. The molecule has 0 aliphatic carbocycles. The van der Waals surface area contributed by atoms with Crippen LogP contribution in [0.5, 0.6) is 0 Å². The molecule has 0 atom stereocenters. The molecule has 0 saturated carbocycles. The van der Waals surface area contributed by atoms with E-state index in [4.69, 9.17) is 4.74 Å². The van der Waals surface area contributed by atoms with E-state index in [9.17, 15) is 4.79 Å². The molecule has 3 heterocycles. The van der Waals surface area contributed by atoms with Crippen LogP contribution < -0.4 is 5.32 Å². The fourth-order valence-electron chi connectivity index (χ4n) is 2.53. The maximum Gasteiger partial charge on any atom is 0.251 e. The molecule has 23 heavy (non-hydrogen) atoms. The van der Waals surface area contributed by atoms with Gasteiger partial charge in [0, 0.05) is 43.8 Å². The summed E-state index contributed by atoms with van der Waals surface area (Å²) in [6.45, 7) is 5.22. The summed E-state index contributed by atoms with van der Waals surface area (Å²) in [7, 11) is 0. The predicted octanol–water partition coefficient (Wildman–Crippen LogP) is 0.719. The number of hydrogen-bond donors (Lipinski definition) is 1. The van der Waals surface area contributed by atoms with Crippen molar-refractivity contribution in [3.05, 3.63) is 42.6 Å². The highest BCUT2D eigenvalue weighted by Crippen LogP contribution is 2.07. The lowest BCUT2D eigenvalue weighted by Crippen LogP contribution is -2.38. The molecule has 1 aliphatic heterocycles. The Hall–Kier alpha value is -2.25. The lowest BCUT2D eigenvalue weighted by molar-refractivity contribution is 0.0374. The quantitative estimate of drug-likeness (QED) is 0.795. The van der Waals surface area contributed by atoms with Crippen LogP contribution in [0.15, 0.2) is 37.1 Å². The summed E-state index contributed by atoms with van der Waals surface area (Å²) in [5.41, 5.74) is 0.607. The molecular weight excluding hydrogens is 294 g/mol. The third-order valence-electron chi connectivity index (χ3n) is 3.82. The minimum Gasteiger partial charge on any atom is -0.379 e. The Balaban J connectivity index is 1.47. The van der Waals surface area contributed by atoms with Crippen molar-refractivity contribution in [3.63, 3.8) is 0 Å². The Kier molecular flexibility index (Phi) is 5.33. The normalized spacial score (nSPS) is 15.5. The monoisotopic (exact) mass is 315 g/mol. The number of hydrogen-bond acceptors (Lipinski definition) is 5. The van der Waals surface area contributed by atoms with Crippen LogP contribution >= 0.6 is 0 Å². The van der Waals surface area contributed by atoms with Gasteiger partial charge in [0.1, 0.15) is 12.1 Å². The summed E-state index contributed by atoms with van der Waals surface area (Å²) in [5, 5.41) is 2.96. The Morgan fingerprint density at radius 3 is 2.96 bits per heavy atom. The van der Waals surface area contributed by atoms with E-state index >= 15 is 0 Å². The fourth-order valence-corrected chi connectivity index (χ4v) is 2.53. The van der Waals surface area contributed by atoms with Crippen molar-refractivity contribution in [1.82, 2.24) is 24.8 Å². The first-order valence-electron chi connectivity index (χ1n) is 7.85. The maximum absolute atomic E-state index is 12.2. The van der Waals surface area contributed by atoms with E-state index < -0.39 is 0 Å². The van der Waals surface area contributed by atoms with E-state index in [-0.39, 0.29) is 5.91 Å². The first kappa shape index (κ1) is 15.6. The summed E-state index contributed by atoms with van der Waals surface area (Å²) >= 11 is 0. The van der Waals surface area contributed by atoms with Crippen molar-refractivity contribution in [2.75, 3.05) is 39.4 Å². The number of morpholine rings is 1. The van der Waals surface area contributed by atoms with Crippen molar-refractivity contribution in [2.45, 2.75) is 6.42 Å². The zero-order chi connectivity index (χ0) is 15.9. The molecule has 1 amide bonds. The number of pyridine rings is 1. The Morgan fingerprint density at radius 1 is 1.30 bits per heavy atom. The molecule has 0 aromatic carbocycles. The molecule has 0 radical (unpaired) electrons. The minimum atomic E-state index is -0.0734. The van der Waals surface area contributed by atoms with E-state index in [0.717, 1.165) is 39.3 Å². The van der Waals surface area contributed by atoms with Crippen molar-refractivity contribution in [1.29, 1.82) is 0 Å². The van der Waals surface area contributed by atoms with Gasteiger partial charge in [-0.2, -0.15) is 0 Å². The lowest BCUT2D eigenvalue weighted by atomic mass is 10.2. The fraction of sp³-hybridized carbons (Fsp3) is 0.438. The topological polar surface area (TPSA) is 72.3 Å². The van der Waals surface area contributed by atoms with Crippen LogP contribution in [0.3, 0.4) is 0 Å². The van der Waals surface area contributed by atoms with Gasteiger partial charge in [0.25, 0.3) is 5.91 Å². The second kappa shape index (κ2) is 7.85. The number of ether oxygens (including phenoxy) is 1. The molecule has 2 aromatic rings. The highest BCUT2D eigenvalue weighted by Gasteiger charge is 2.10. The van der Waals surface area contributed by atoms with Gasteiger partial charge in [-0.1, -0.05) is 0 Å². The van der Waals surface area contributed by atoms with Gasteiger partial charge in [-0.25, -0.2) is 9.97 Å². The largest absolute Gasteiger partial charge is 0.379 e. The molecule has 1 fully saturated rings. The maximum atomic E-state index is 12.2. The minimum absolute atomic E-state index is 0.0734. The Morgan fingerprint density at radius 2 is 2.17 bits per heavy atom. The van der Waals surface area contributed by atoms with Gasteiger partial charge < -0.3 is 10.1 Å².